The number of aromatic nitrogens is 1. The molecule has 0 fully saturated rings. The van der Waals surface area contributed by atoms with Crippen LogP contribution in [0.4, 0.5) is 0 Å². The van der Waals surface area contributed by atoms with Gasteiger partial charge in [-0.3, -0.25) is 0 Å². The molecule has 0 aliphatic rings. The van der Waals surface area contributed by atoms with Crippen LogP contribution in [0, 0.1) is 0 Å². The van der Waals surface area contributed by atoms with Gasteiger partial charge in [-0.05, 0) is 24.0 Å². The smallest absolute Gasteiger partial charge is 0.240 e. The van der Waals surface area contributed by atoms with Gasteiger partial charge in [0.15, 0.2) is 4.34 Å². The SMILES string of the molecule is CCSc1nc2ccc(S(=O)(=O)NCCO)cc2s1. The highest BCUT2D eigenvalue weighted by Gasteiger charge is 2.15. The first kappa shape index (κ1) is 14.7. The third-order valence-corrected chi connectivity index (χ3v) is 5.82. The second-order valence-electron chi connectivity index (χ2n) is 3.66. The molecular weight excluding hydrogens is 304 g/mol. The fourth-order valence-corrected chi connectivity index (χ4v) is 4.63. The van der Waals surface area contributed by atoms with Gasteiger partial charge in [0.2, 0.25) is 10.0 Å². The number of thiazole rings is 1. The Bertz CT molecular complexity index is 667. The summed E-state index contributed by atoms with van der Waals surface area (Å²) >= 11 is 3.12. The van der Waals surface area contributed by atoms with Gasteiger partial charge in [-0.15, -0.1) is 11.3 Å². The van der Waals surface area contributed by atoms with Crippen LogP contribution in [0.5, 0.6) is 0 Å². The fourth-order valence-electron chi connectivity index (χ4n) is 1.50. The van der Waals surface area contributed by atoms with Crippen molar-refractivity contribution < 1.29 is 13.5 Å². The Kier molecular flexibility index (Phi) is 4.80. The number of hydrogen-bond acceptors (Lipinski definition) is 6. The first-order chi connectivity index (χ1) is 9.06. The molecule has 0 aliphatic carbocycles. The molecule has 0 atom stereocenters. The van der Waals surface area contributed by atoms with Crippen molar-refractivity contribution in [2.24, 2.45) is 0 Å². The Balaban J connectivity index is 2.35. The molecule has 0 unspecified atom stereocenters. The zero-order valence-corrected chi connectivity index (χ0v) is 12.7. The third kappa shape index (κ3) is 3.46. The molecular formula is C11H14N2O3S3. The molecule has 0 spiro atoms. The normalized spacial score (nSPS) is 12.1. The molecule has 2 N–H and O–H groups in total. The number of benzene rings is 1. The van der Waals surface area contributed by atoms with Crippen LogP contribution in [-0.2, 0) is 10.0 Å². The first-order valence-electron chi connectivity index (χ1n) is 5.70. The Labute approximate surface area is 120 Å². The summed E-state index contributed by atoms with van der Waals surface area (Å²) in [6.45, 7) is 1.84. The molecule has 8 heteroatoms. The highest BCUT2D eigenvalue weighted by molar-refractivity contribution is 8.01. The molecule has 1 aromatic heterocycles. The van der Waals surface area contributed by atoms with Gasteiger partial charge in [0.25, 0.3) is 0 Å². The van der Waals surface area contributed by atoms with E-state index in [-0.39, 0.29) is 18.0 Å². The van der Waals surface area contributed by atoms with Gasteiger partial charge in [0.05, 0.1) is 21.7 Å². The summed E-state index contributed by atoms with van der Waals surface area (Å²) in [5.74, 6) is 0.934. The van der Waals surface area contributed by atoms with E-state index in [1.165, 1.54) is 17.4 Å². The van der Waals surface area contributed by atoms with Crippen molar-refractivity contribution >= 4 is 43.3 Å². The number of aliphatic hydroxyl groups excluding tert-OH is 1. The second kappa shape index (κ2) is 6.19. The lowest BCUT2D eigenvalue weighted by Gasteiger charge is -2.04. The molecule has 1 heterocycles. The monoisotopic (exact) mass is 318 g/mol. The molecule has 0 saturated carbocycles. The topological polar surface area (TPSA) is 79.3 Å². The summed E-state index contributed by atoms with van der Waals surface area (Å²) in [6, 6.07) is 4.85. The van der Waals surface area contributed by atoms with Crippen LogP contribution >= 0.6 is 23.1 Å². The van der Waals surface area contributed by atoms with Gasteiger partial charge < -0.3 is 5.11 Å². The molecule has 0 saturated heterocycles. The van der Waals surface area contributed by atoms with Crippen molar-refractivity contribution in [1.82, 2.24) is 9.71 Å². The largest absolute Gasteiger partial charge is 0.395 e. The van der Waals surface area contributed by atoms with E-state index in [4.69, 9.17) is 5.11 Å². The molecule has 0 radical (unpaired) electrons. The van der Waals surface area contributed by atoms with Crippen LogP contribution < -0.4 is 4.72 Å². The van der Waals surface area contributed by atoms with E-state index in [9.17, 15) is 8.42 Å². The predicted octanol–water partition coefficient (Wildman–Crippen LogP) is 1.68. The van der Waals surface area contributed by atoms with Gasteiger partial charge in [-0.25, -0.2) is 18.1 Å². The number of sulfonamides is 1. The van der Waals surface area contributed by atoms with E-state index < -0.39 is 10.0 Å². The maximum absolute atomic E-state index is 11.9. The van der Waals surface area contributed by atoms with Crippen molar-refractivity contribution in [2.45, 2.75) is 16.2 Å². The molecule has 0 amide bonds. The van der Waals surface area contributed by atoms with Crippen molar-refractivity contribution in [1.29, 1.82) is 0 Å². The van der Waals surface area contributed by atoms with Gasteiger partial charge in [0, 0.05) is 6.54 Å². The van der Waals surface area contributed by atoms with Gasteiger partial charge in [-0.2, -0.15) is 0 Å². The first-order valence-corrected chi connectivity index (χ1v) is 8.99. The predicted molar refractivity (Wildman–Crippen MR) is 78.3 cm³/mol. The lowest BCUT2D eigenvalue weighted by molar-refractivity contribution is 0.301. The molecule has 2 aromatic rings. The molecule has 2 rings (SSSR count). The number of thioether (sulfide) groups is 1. The van der Waals surface area contributed by atoms with Crippen LogP contribution in [-0.4, -0.2) is 37.4 Å². The molecule has 5 nitrogen and oxygen atoms in total. The molecule has 0 bridgehead atoms. The van der Waals surface area contributed by atoms with Crippen LogP contribution in [0.25, 0.3) is 10.2 Å². The van der Waals surface area contributed by atoms with Gasteiger partial charge >= 0.3 is 0 Å². The third-order valence-electron chi connectivity index (χ3n) is 2.32. The average Bonchev–Trinajstić information content (AvgIpc) is 2.78. The number of rotatable bonds is 6. The quantitative estimate of drug-likeness (QED) is 0.792. The molecule has 19 heavy (non-hydrogen) atoms. The molecule has 104 valence electrons. The lowest BCUT2D eigenvalue weighted by atomic mass is 10.3. The number of nitrogens with one attached hydrogen (secondary N) is 1. The summed E-state index contributed by atoms with van der Waals surface area (Å²) in [5, 5.41) is 8.67. The number of hydrogen-bond donors (Lipinski definition) is 2. The highest BCUT2D eigenvalue weighted by Crippen LogP contribution is 2.30. The number of nitrogens with zero attached hydrogens (tertiary/aromatic N) is 1. The Morgan fingerprint density at radius 1 is 1.47 bits per heavy atom. The summed E-state index contributed by atoms with van der Waals surface area (Å²) in [4.78, 5) is 4.61. The summed E-state index contributed by atoms with van der Waals surface area (Å²) in [7, 11) is -3.55. The van der Waals surface area contributed by atoms with Crippen molar-refractivity contribution in [2.75, 3.05) is 18.9 Å². The average molecular weight is 318 g/mol. The Morgan fingerprint density at radius 2 is 2.26 bits per heavy atom. The fraction of sp³-hybridized carbons (Fsp3) is 0.364. The van der Waals surface area contributed by atoms with Gasteiger partial charge in [0.1, 0.15) is 0 Å². The minimum absolute atomic E-state index is 0.0139. The van der Waals surface area contributed by atoms with E-state index in [0.29, 0.717) is 0 Å². The van der Waals surface area contributed by atoms with Crippen LogP contribution in [0.15, 0.2) is 27.4 Å². The van der Waals surface area contributed by atoms with E-state index >= 15 is 0 Å². The Morgan fingerprint density at radius 3 is 2.95 bits per heavy atom. The molecule has 0 aliphatic heterocycles. The summed E-state index contributed by atoms with van der Waals surface area (Å²) in [5.41, 5.74) is 0.807. The van der Waals surface area contributed by atoms with Gasteiger partial charge in [-0.1, -0.05) is 18.7 Å². The van der Waals surface area contributed by atoms with E-state index in [0.717, 1.165) is 20.3 Å². The van der Waals surface area contributed by atoms with Crippen molar-refractivity contribution in [3.8, 4) is 0 Å². The van der Waals surface area contributed by atoms with E-state index in [1.54, 1.807) is 23.9 Å². The van der Waals surface area contributed by atoms with Crippen LogP contribution in [0.3, 0.4) is 0 Å². The second-order valence-corrected chi connectivity index (χ2v) is 7.97. The van der Waals surface area contributed by atoms with Crippen molar-refractivity contribution in [3.05, 3.63) is 18.2 Å². The minimum Gasteiger partial charge on any atom is -0.395 e. The van der Waals surface area contributed by atoms with E-state index in [1.807, 2.05) is 6.92 Å². The highest BCUT2D eigenvalue weighted by atomic mass is 32.2. The standard InChI is InChI=1S/C11H14N2O3S3/c1-2-17-11-13-9-4-3-8(7-10(9)18-11)19(15,16)12-5-6-14/h3-4,7,12,14H,2,5-6H2,1H3. The van der Waals surface area contributed by atoms with Crippen molar-refractivity contribution in [3.63, 3.8) is 0 Å². The summed E-state index contributed by atoms with van der Waals surface area (Å²) < 4.78 is 28.0. The maximum atomic E-state index is 11.9. The van der Waals surface area contributed by atoms with Crippen LogP contribution in [0.2, 0.25) is 0 Å². The Hall–Kier alpha value is -0.670. The zero-order chi connectivity index (χ0) is 13.9. The maximum Gasteiger partial charge on any atom is 0.240 e. The number of fused-ring (bicyclic) bond motifs is 1. The van der Waals surface area contributed by atoms with E-state index in [2.05, 4.69) is 9.71 Å². The molecule has 1 aromatic carbocycles. The lowest BCUT2D eigenvalue weighted by Crippen LogP contribution is -2.26. The summed E-state index contributed by atoms with van der Waals surface area (Å²) in [6.07, 6.45) is 0. The van der Waals surface area contributed by atoms with Crippen LogP contribution in [0.1, 0.15) is 6.92 Å². The number of aliphatic hydroxyl groups is 1. The minimum atomic E-state index is -3.55. The zero-order valence-electron chi connectivity index (χ0n) is 10.3.